The molecule has 0 aliphatic carbocycles. The lowest BCUT2D eigenvalue weighted by molar-refractivity contribution is 0.588. The highest BCUT2D eigenvalue weighted by Crippen LogP contribution is 2.20. The van der Waals surface area contributed by atoms with E-state index in [-0.39, 0.29) is 10.7 Å². The van der Waals surface area contributed by atoms with Crippen molar-refractivity contribution < 1.29 is 0 Å². The Bertz CT molecular complexity index is 632. The topological polar surface area (TPSA) is 52.7 Å². The molecule has 18 heavy (non-hydrogen) atoms. The molecular weight excluding hydrogens is 275 g/mol. The number of hydrogen-bond acceptors (Lipinski definition) is 3. The molecule has 0 N–H and O–H groups in total. The molecule has 0 radical (unpaired) electrons. The highest BCUT2D eigenvalue weighted by molar-refractivity contribution is 6.31. The van der Waals surface area contributed by atoms with Crippen LogP contribution in [0.4, 0.5) is 0 Å². The number of aryl methyl sites for hydroxylation is 2. The quantitative estimate of drug-likeness (QED) is 0.812. The van der Waals surface area contributed by atoms with Crippen LogP contribution in [0.15, 0.2) is 17.2 Å². The van der Waals surface area contributed by atoms with Gasteiger partial charge in [-0.2, -0.15) is 5.10 Å². The molecule has 0 amide bonds. The monoisotopic (exact) mass is 286 g/mol. The largest absolute Gasteiger partial charge is 0.293 e. The minimum atomic E-state index is -0.215. The summed E-state index contributed by atoms with van der Waals surface area (Å²) in [5.41, 5.74) is 1.33. The number of rotatable bonds is 3. The van der Waals surface area contributed by atoms with E-state index in [1.807, 2.05) is 13.8 Å². The second kappa shape index (κ2) is 5.12. The molecule has 2 aromatic rings. The molecule has 2 aromatic heterocycles. The summed E-state index contributed by atoms with van der Waals surface area (Å²) in [5, 5.41) is 5.06. The number of halogens is 2. The van der Waals surface area contributed by atoms with Crippen molar-refractivity contribution in [1.29, 1.82) is 0 Å². The zero-order chi connectivity index (χ0) is 13.3. The number of aromatic nitrogens is 4. The highest BCUT2D eigenvalue weighted by Gasteiger charge is 2.13. The fraction of sp³-hybridized carbons (Fsp3) is 0.364. The van der Waals surface area contributed by atoms with Gasteiger partial charge in [0, 0.05) is 12.6 Å². The van der Waals surface area contributed by atoms with E-state index in [9.17, 15) is 4.79 Å². The third-order valence-electron chi connectivity index (χ3n) is 2.62. The molecule has 0 aliphatic heterocycles. The maximum Gasteiger partial charge on any atom is 0.255 e. The van der Waals surface area contributed by atoms with E-state index in [2.05, 4.69) is 10.1 Å². The van der Waals surface area contributed by atoms with E-state index in [4.69, 9.17) is 23.2 Å². The van der Waals surface area contributed by atoms with Gasteiger partial charge in [-0.25, -0.2) is 4.98 Å². The minimum absolute atomic E-state index is 0.183. The molecule has 0 aromatic carbocycles. The van der Waals surface area contributed by atoms with Gasteiger partial charge >= 0.3 is 0 Å². The van der Waals surface area contributed by atoms with Crippen molar-refractivity contribution in [2.24, 2.45) is 0 Å². The minimum Gasteiger partial charge on any atom is -0.293 e. The zero-order valence-electron chi connectivity index (χ0n) is 10.0. The summed E-state index contributed by atoms with van der Waals surface area (Å²) in [7, 11) is 0. The molecule has 0 unspecified atom stereocenters. The SMILES string of the molecule is CCn1nc(C)c(Cl)c1Cn1cnc(Cl)cc1=O. The van der Waals surface area contributed by atoms with Gasteiger partial charge in [0.2, 0.25) is 0 Å². The number of hydrogen-bond donors (Lipinski definition) is 0. The Hall–Kier alpha value is -1.33. The van der Waals surface area contributed by atoms with Gasteiger partial charge in [-0.1, -0.05) is 23.2 Å². The van der Waals surface area contributed by atoms with Gasteiger partial charge in [0.25, 0.3) is 5.56 Å². The van der Waals surface area contributed by atoms with Crippen LogP contribution in [-0.4, -0.2) is 19.3 Å². The van der Waals surface area contributed by atoms with Gasteiger partial charge in [0.15, 0.2) is 0 Å². The molecule has 0 saturated carbocycles. The first kappa shape index (κ1) is 13.1. The van der Waals surface area contributed by atoms with E-state index in [0.29, 0.717) is 18.1 Å². The van der Waals surface area contributed by atoms with Crippen LogP contribution in [0.1, 0.15) is 18.3 Å². The smallest absolute Gasteiger partial charge is 0.255 e. The molecule has 0 atom stereocenters. The van der Waals surface area contributed by atoms with E-state index >= 15 is 0 Å². The molecule has 0 bridgehead atoms. The van der Waals surface area contributed by atoms with E-state index in [0.717, 1.165) is 11.4 Å². The first-order valence-electron chi connectivity index (χ1n) is 5.46. The van der Waals surface area contributed by atoms with Gasteiger partial charge in [0.1, 0.15) is 5.15 Å². The van der Waals surface area contributed by atoms with Crippen molar-refractivity contribution in [3.05, 3.63) is 44.3 Å². The van der Waals surface area contributed by atoms with Gasteiger partial charge in [0.05, 0.1) is 29.3 Å². The van der Waals surface area contributed by atoms with Crippen molar-refractivity contribution >= 4 is 23.2 Å². The Balaban J connectivity index is 2.42. The molecule has 2 rings (SSSR count). The lowest BCUT2D eigenvalue weighted by Gasteiger charge is -2.07. The zero-order valence-corrected chi connectivity index (χ0v) is 11.5. The van der Waals surface area contributed by atoms with Crippen LogP contribution in [0, 0.1) is 6.92 Å². The van der Waals surface area contributed by atoms with Crippen molar-refractivity contribution in [2.75, 3.05) is 0 Å². The predicted molar refractivity (Wildman–Crippen MR) is 70.3 cm³/mol. The Morgan fingerprint density at radius 2 is 2.11 bits per heavy atom. The second-order valence-electron chi connectivity index (χ2n) is 3.84. The Kier molecular flexibility index (Phi) is 3.73. The molecule has 96 valence electrons. The van der Waals surface area contributed by atoms with Gasteiger partial charge in [-0.15, -0.1) is 0 Å². The highest BCUT2D eigenvalue weighted by atomic mass is 35.5. The molecule has 2 heterocycles. The predicted octanol–water partition coefficient (Wildman–Crippen LogP) is 2.12. The summed E-state index contributed by atoms with van der Waals surface area (Å²) >= 11 is 11.8. The first-order valence-corrected chi connectivity index (χ1v) is 6.22. The normalized spacial score (nSPS) is 10.9. The first-order chi connectivity index (χ1) is 8.52. The van der Waals surface area contributed by atoms with Crippen LogP contribution in [0.25, 0.3) is 0 Å². The van der Waals surface area contributed by atoms with Crippen molar-refractivity contribution in [2.45, 2.75) is 26.9 Å². The van der Waals surface area contributed by atoms with Crippen LogP contribution in [0.5, 0.6) is 0 Å². The molecular formula is C11H12Cl2N4O. The van der Waals surface area contributed by atoms with Crippen molar-refractivity contribution in [1.82, 2.24) is 19.3 Å². The average Bonchev–Trinajstić information content (AvgIpc) is 2.60. The summed E-state index contributed by atoms with van der Waals surface area (Å²) in [6.45, 7) is 4.82. The second-order valence-corrected chi connectivity index (χ2v) is 4.60. The number of nitrogens with zero attached hydrogens (tertiary/aromatic N) is 4. The molecule has 0 saturated heterocycles. The summed E-state index contributed by atoms with van der Waals surface area (Å²) in [5.74, 6) is 0. The third kappa shape index (κ3) is 2.42. The van der Waals surface area contributed by atoms with Gasteiger partial charge in [-0.05, 0) is 13.8 Å². The summed E-state index contributed by atoms with van der Waals surface area (Å²) in [6.07, 6.45) is 1.41. The van der Waals surface area contributed by atoms with Crippen LogP contribution < -0.4 is 5.56 Å². The standard InChI is InChI=1S/C11H12Cl2N4O/c1-3-17-8(11(13)7(2)15-17)5-16-6-14-9(12)4-10(16)18/h4,6H,3,5H2,1-2H3. The van der Waals surface area contributed by atoms with Crippen LogP contribution in [0.2, 0.25) is 10.2 Å². The van der Waals surface area contributed by atoms with Crippen LogP contribution in [-0.2, 0) is 13.1 Å². The fourth-order valence-electron chi connectivity index (χ4n) is 1.70. The summed E-state index contributed by atoms with van der Waals surface area (Å²) in [4.78, 5) is 15.6. The van der Waals surface area contributed by atoms with Crippen molar-refractivity contribution in [3.8, 4) is 0 Å². The molecule has 7 heteroatoms. The van der Waals surface area contributed by atoms with E-state index < -0.39 is 0 Å². The van der Waals surface area contributed by atoms with E-state index in [1.54, 1.807) is 4.68 Å². The maximum absolute atomic E-state index is 11.7. The lowest BCUT2D eigenvalue weighted by Crippen LogP contribution is -2.21. The lowest BCUT2D eigenvalue weighted by atomic mass is 10.3. The van der Waals surface area contributed by atoms with Crippen LogP contribution in [0.3, 0.4) is 0 Å². The third-order valence-corrected chi connectivity index (χ3v) is 3.32. The Morgan fingerprint density at radius 3 is 2.72 bits per heavy atom. The maximum atomic E-state index is 11.7. The molecule has 5 nitrogen and oxygen atoms in total. The molecule has 0 fully saturated rings. The van der Waals surface area contributed by atoms with Gasteiger partial charge < -0.3 is 0 Å². The van der Waals surface area contributed by atoms with Crippen LogP contribution >= 0.6 is 23.2 Å². The van der Waals surface area contributed by atoms with E-state index in [1.165, 1.54) is 17.0 Å². The Morgan fingerprint density at radius 1 is 1.39 bits per heavy atom. The average molecular weight is 287 g/mol. The Labute approximate surface area is 114 Å². The van der Waals surface area contributed by atoms with Gasteiger partial charge in [-0.3, -0.25) is 14.0 Å². The fourth-order valence-corrected chi connectivity index (χ4v) is 2.04. The van der Waals surface area contributed by atoms with Crippen molar-refractivity contribution in [3.63, 3.8) is 0 Å². The molecule has 0 aliphatic rings. The summed E-state index contributed by atoms with van der Waals surface area (Å²) in [6, 6.07) is 1.27. The molecule has 0 spiro atoms. The summed E-state index contributed by atoms with van der Waals surface area (Å²) < 4.78 is 3.22.